The molecule has 0 saturated heterocycles. The molecule has 24 heavy (non-hydrogen) atoms. The summed E-state index contributed by atoms with van der Waals surface area (Å²) >= 11 is 0.662. The van der Waals surface area contributed by atoms with Crippen molar-refractivity contribution < 1.29 is 18.0 Å². The number of pyridine rings is 1. The minimum absolute atomic E-state index is 0.297. The number of thioether (sulfide) groups is 1. The van der Waals surface area contributed by atoms with E-state index < -0.39 is 17.8 Å². The largest absolute Gasteiger partial charge is 0.389 e. The molecule has 2 aromatic rings. The normalized spacial score (nSPS) is 11.5. The maximum absolute atomic E-state index is 12.2. The molecule has 0 fully saturated rings. The Morgan fingerprint density at radius 2 is 2.17 bits per heavy atom. The van der Waals surface area contributed by atoms with Gasteiger partial charge in [-0.1, -0.05) is 11.8 Å². The van der Waals surface area contributed by atoms with Crippen LogP contribution in [-0.2, 0) is 0 Å². The van der Waals surface area contributed by atoms with Crippen LogP contribution < -0.4 is 4.90 Å². The highest BCUT2D eigenvalue weighted by molar-refractivity contribution is 8.13. The molecule has 1 amide bonds. The van der Waals surface area contributed by atoms with Crippen molar-refractivity contribution in [3.63, 3.8) is 0 Å². The number of anilines is 1. The molecular weight excluding hydrogens is 341 g/mol. The van der Waals surface area contributed by atoms with Crippen molar-refractivity contribution in [2.24, 2.45) is 0 Å². The Balaban J connectivity index is 2.13. The SMILES string of the molecule is CCN(C(=O)SCCC(F)(F)F)c1cn(-c2cccnc2)nc1C. The second kappa shape index (κ2) is 7.69. The van der Waals surface area contributed by atoms with Gasteiger partial charge < -0.3 is 4.90 Å². The van der Waals surface area contributed by atoms with Gasteiger partial charge in [0.1, 0.15) is 0 Å². The first kappa shape index (κ1) is 18.3. The van der Waals surface area contributed by atoms with Crippen LogP contribution in [-0.4, -0.2) is 38.5 Å². The van der Waals surface area contributed by atoms with Gasteiger partial charge in [0, 0.05) is 18.5 Å². The number of amides is 1. The Kier molecular flexibility index (Phi) is 5.87. The van der Waals surface area contributed by atoms with Gasteiger partial charge in [0.05, 0.1) is 35.9 Å². The third kappa shape index (κ3) is 4.73. The lowest BCUT2D eigenvalue weighted by atomic mass is 10.3. The molecule has 5 nitrogen and oxygen atoms in total. The Hall–Kier alpha value is -2.03. The zero-order valence-electron chi connectivity index (χ0n) is 13.2. The third-order valence-corrected chi connectivity index (χ3v) is 4.10. The van der Waals surface area contributed by atoms with Crippen molar-refractivity contribution in [3.05, 3.63) is 36.4 Å². The van der Waals surface area contributed by atoms with E-state index in [0.717, 1.165) is 5.69 Å². The topological polar surface area (TPSA) is 51.0 Å². The molecule has 2 aromatic heterocycles. The van der Waals surface area contributed by atoms with Gasteiger partial charge in [-0.15, -0.1) is 0 Å². The molecule has 0 aliphatic rings. The van der Waals surface area contributed by atoms with Gasteiger partial charge in [-0.2, -0.15) is 18.3 Å². The lowest BCUT2D eigenvalue weighted by Crippen LogP contribution is -2.27. The minimum Gasteiger partial charge on any atom is -0.300 e. The van der Waals surface area contributed by atoms with Gasteiger partial charge in [-0.05, 0) is 26.0 Å². The number of hydrogen-bond acceptors (Lipinski definition) is 4. The molecule has 2 heterocycles. The number of carbonyl (C=O) groups excluding carboxylic acids is 1. The lowest BCUT2D eigenvalue weighted by Gasteiger charge is -2.19. The van der Waals surface area contributed by atoms with Crippen LogP contribution in [0.1, 0.15) is 19.0 Å². The van der Waals surface area contributed by atoms with Crippen LogP contribution >= 0.6 is 11.8 Å². The maximum Gasteiger partial charge on any atom is 0.389 e. The van der Waals surface area contributed by atoms with Crippen LogP contribution in [0.5, 0.6) is 0 Å². The Bertz CT molecular complexity index is 688. The molecule has 0 aliphatic carbocycles. The van der Waals surface area contributed by atoms with Crippen LogP contribution in [0.25, 0.3) is 5.69 Å². The summed E-state index contributed by atoms with van der Waals surface area (Å²) in [5.41, 5.74) is 1.93. The third-order valence-electron chi connectivity index (χ3n) is 3.22. The minimum atomic E-state index is -4.26. The summed E-state index contributed by atoms with van der Waals surface area (Å²) < 4.78 is 38.2. The van der Waals surface area contributed by atoms with Crippen LogP contribution in [0, 0.1) is 6.92 Å². The standard InChI is InChI=1S/C15H17F3N4OS/c1-3-21(14(23)24-8-6-15(16,17)18)13-10-22(20-11(13)2)12-5-4-7-19-9-12/h4-5,7,9-10H,3,6,8H2,1-2H3. The number of hydrogen-bond donors (Lipinski definition) is 0. The number of rotatable bonds is 5. The second-order valence-electron chi connectivity index (χ2n) is 4.98. The Morgan fingerprint density at radius 3 is 2.75 bits per heavy atom. The quantitative estimate of drug-likeness (QED) is 0.803. The molecule has 0 N–H and O–H groups in total. The fraction of sp³-hybridized carbons (Fsp3) is 0.400. The molecule has 2 rings (SSSR count). The van der Waals surface area contributed by atoms with Crippen LogP contribution in [0.4, 0.5) is 23.7 Å². The Morgan fingerprint density at radius 1 is 1.42 bits per heavy atom. The Labute approximate surface area is 141 Å². The van der Waals surface area contributed by atoms with Gasteiger partial charge in [-0.3, -0.25) is 9.78 Å². The van der Waals surface area contributed by atoms with Crippen molar-refractivity contribution >= 4 is 22.7 Å². The summed E-state index contributed by atoms with van der Waals surface area (Å²) in [6.45, 7) is 3.86. The molecule has 0 aromatic carbocycles. The second-order valence-corrected chi connectivity index (χ2v) is 6.03. The van der Waals surface area contributed by atoms with Crippen LogP contribution in [0.2, 0.25) is 0 Å². The number of alkyl halides is 3. The molecule has 0 unspecified atom stereocenters. The van der Waals surface area contributed by atoms with Gasteiger partial charge in [0.15, 0.2) is 0 Å². The van der Waals surface area contributed by atoms with E-state index >= 15 is 0 Å². The van der Waals surface area contributed by atoms with Gasteiger partial charge >= 0.3 is 6.18 Å². The highest BCUT2D eigenvalue weighted by Crippen LogP contribution is 2.27. The number of nitrogens with zero attached hydrogens (tertiary/aromatic N) is 4. The highest BCUT2D eigenvalue weighted by Gasteiger charge is 2.28. The van der Waals surface area contributed by atoms with Crippen molar-refractivity contribution in [2.45, 2.75) is 26.4 Å². The molecule has 0 spiro atoms. The van der Waals surface area contributed by atoms with Gasteiger partial charge in [0.2, 0.25) is 0 Å². The van der Waals surface area contributed by atoms with E-state index in [2.05, 4.69) is 10.1 Å². The fourth-order valence-electron chi connectivity index (χ4n) is 2.07. The van der Waals surface area contributed by atoms with E-state index in [0.29, 0.717) is 29.7 Å². The van der Waals surface area contributed by atoms with E-state index in [-0.39, 0.29) is 5.75 Å². The number of halogens is 3. The first-order chi connectivity index (χ1) is 11.3. The number of aryl methyl sites for hydroxylation is 1. The molecule has 9 heteroatoms. The maximum atomic E-state index is 12.2. The van der Waals surface area contributed by atoms with Crippen molar-refractivity contribution in [1.82, 2.24) is 14.8 Å². The van der Waals surface area contributed by atoms with E-state index in [1.807, 2.05) is 6.07 Å². The van der Waals surface area contributed by atoms with E-state index in [9.17, 15) is 18.0 Å². The molecular formula is C15H17F3N4OS. The molecule has 130 valence electrons. The first-order valence-electron chi connectivity index (χ1n) is 7.29. The summed E-state index contributed by atoms with van der Waals surface area (Å²) in [6, 6.07) is 3.58. The summed E-state index contributed by atoms with van der Waals surface area (Å²) in [5.74, 6) is -0.297. The van der Waals surface area contributed by atoms with E-state index in [1.165, 1.54) is 4.90 Å². The van der Waals surface area contributed by atoms with E-state index in [4.69, 9.17) is 0 Å². The van der Waals surface area contributed by atoms with Crippen molar-refractivity contribution in [3.8, 4) is 5.69 Å². The highest BCUT2D eigenvalue weighted by atomic mass is 32.2. The van der Waals surface area contributed by atoms with E-state index in [1.54, 1.807) is 43.2 Å². The predicted molar refractivity (Wildman–Crippen MR) is 87.6 cm³/mol. The summed E-state index contributed by atoms with van der Waals surface area (Å²) in [7, 11) is 0. The van der Waals surface area contributed by atoms with Crippen molar-refractivity contribution in [2.75, 3.05) is 17.2 Å². The van der Waals surface area contributed by atoms with Crippen LogP contribution in [0.15, 0.2) is 30.7 Å². The molecule has 0 saturated carbocycles. The summed E-state index contributed by atoms with van der Waals surface area (Å²) in [4.78, 5) is 17.7. The summed E-state index contributed by atoms with van der Waals surface area (Å²) in [5, 5.41) is 3.92. The lowest BCUT2D eigenvalue weighted by molar-refractivity contribution is -0.129. The monoisotopic (exact) mass is 358 g/mol. The zero-order chi connectivity index (χ0) is 17.7. The average molecular weight is 358 g/mol. The van der Waals surface area contributed by atoms with Crippen molar-refractivity contribution in [1.29, 1.82) is 0 Å². The number of carbonyl (C=O) groups is 1. The van der Waals surface area contributed by atoms with Crippen LogP contribution in [0.3, 0.4) is 0 Å². The average Bonchev–Trinajstić information content (AvgIpc) is 2.90. The molecule has 0 radical (unpaired) electrons. The molecule has 0 aliphatic heterocycles. The predicted octanol–water partition coefficient (Wildman–Crippen LogP) is 4.21. The zero-order valence-corrected chi connectivity index (χ0v) is 14.1. The molecule has 0 bridgehead atoms. The molecule has 0 atom stereocenters. The summed E-state index contributed by atoms with van der Waals surface area (Å²) in [6.07, 6.45) is -0.301. The van der Waals surface area contributed by atoms with Gasteiger partial charge in [-0.25, -0.2) is 4.68 Å². The smallest absolute Gasteiger partial charge is 0.300 e. The fourth-order valence-corrected chi connectivity index (χ4v) is 2.96. The number of aromatic nitrogens is 3. The first-order valence-corrected chi connectivity index (χ1v) is 8.28. The van der Waals surface area contributed by atoms with Gasteiger partial charge in [0.25, 0.3) is 5.24 Å².